The number of carbonyl (C=O) groups is 2. The van der Waals surface area contributed by atoms with E-state index in [9.17, 15) is 14.8 Å². The average molecular weight is 427 g/mol. The highest BCUT2D eigenvalue weighted by molar-refractivity contribution is 6.30. The van der Waals surface area contributed by atoms with Gasteiger partial charge in [-0.25, -0.2) is 0 Å². The zero-order valence-electron chi connectivity index (χ0n) is 16.5. The van der Waals surface area contributed by atoms with Gasteiger partial charge in [-0.1, -0.05) is 35.0 Å². The lowest BCUT2D eigenvalue weighted by molar-refractivity contribution is -0.116. The van der Waals surface area contributed by atoms with Gasteiger partial charge in [0, 0.05) is 55.3 Å². The summed E-state index contributed by atoms with van der Waals surface area (Å²) in [5.74, 6) is 0.569. The van der Waals surface area contributed by atoms with Gasteiger partial charge in [-0.05, 0) is 41.8 Å². The van der Waals surface area contributed by atoms with Gasteiger partial charge in [-0.2, -0.15) is 0 Å². The summed E-state index contributed by atoms with van der Waals surface area (Å²) in [6.45, 7) is 2.26. The van der Waals surface area contributed by atoms with Crippen LogP contribution in [0.25, 0.3) is 0 Å². The average Bonchev–Trinajstić information content (AvgIpc) is 2.77. The lowest BCUT2D eigenvalue weighted by Crippen LogP contribution is -2.51. The van der Waals surface area contributed by atoms with E-state index >= 15 is 0 Å². The summed E-state index contributed by atoms with van der Waals surface area (Å²) in [6, 6.07) is 12.8. The van der Waals surface area contributed by atoms with Gasteiger partial charge in [0.15, 0.2) is 0 Å². The number of amides is 2. The summed E-state index contributed by atoms with van der Waals surface area (Å²) in [5.41, 5.74) is 3.55. The third-order valence-corrected chi connectivity index (χ3v) is 5.78. The fourth-order valence-electron chi connectivity index (χ4n) is 3.91. The van der Waals surface area contributed by atoms with Crippen molar-refractivity contribution in [2.24, 2.45) is 5.16 Å². The molecular formula is C22H23ClN4O3. The predicted molar refractivity (Wildman–Crippen MR) is 115 cm³/mol. The van der Waals surface area contributed by atoms with Crippen molar-refractivity contribution in [2.45, 2.75) is 19.3 Å². The highest BCUT2D eigenvalue weighted by Crippen LogP contribution is 2.24. The molecule has 7 nitrogen and oxygen atoms in total. The number of nitrogens with zero attached hydrogens (tertiary/aromatic N) is 3. The molecule has 0 atom stereocenters. The van der Waals surface area contributed by atoms with E-state index < -0.39 is 0 Å². The second kappa shape index (κ2) is 8.75. The predicted octanol–water partition coefficient (Wildman–Crippen LogP) is 3.01. The maximum Gasteiger partial charge on any atom is 0.254 e. The lowest BCUT2D eigenvalue weighted by Gasteiger charge is -2.36. The Morgan fingerprint density at radius 3 is 2.57 bits per heavy atom. The van der Waals surface area contributed by atoms with Gasteiger partial charge in [0.25, 0.3) is 5.91 Å². The van der Waals surface area contributed by atoms with Crippen LogP contribution in [0.4, 0.5) is 5.69 Å². The van der Waals surface area contributed by atoms with E-state index in [0.29, 0.717) is 61.9 Å². The molecule has 1 fully saturated rings. The first-order valence-corrected chi connectivity index (χ1v) is 10.3. The molecule has 0 bridgehead atoms. The first kappa shape index (κ1) is 20.2. The van der Waals surface area contributed by atoms with Crippen LogP contribution in [0.3, 0.4) is 0 Å². The van der Waals surface area contributed by atoms with E-state index in [4.69, 9.17) is 11.6 Å². The number of carbonyl (C=O) groups excluding carboxylic acids is 2. The number of anilines is 1. The highest BCUT2D eigenvalue weighted by Gasteiger charge is 2.25. The monoisotopic (exact) mass is 426 g/mol. The Bertz CT molecular complexity index is 1000. The number of nitrogens with one attached hydrogen (secondary N) is 1. The van der Waals surface area contributed by atoms with Gasteiger partial charge < -0.3 is 20.3 Å². The van der Waals surface area contributed by atoms with Crippen LogP contribution in [-0.4, -0.2) is 58.8 Å². The van der Waals surface area contributed by atoms with E-state index in [2.05, 4.69) is 16.5 Å². The maximum atomic E-state index is 12.7. The third kappa shape index (κ3) is 4.41. The van der Waals surface area contributed by atoms with Crippen LogP contribution in [0, 0.1) is 0 Å². The third-order valence-electron chi connectivity index (χ3n) is 5.55. The van der Waals surface area contributed by atoms with Gasteiger partial charge in [0.05, 0.1) is 0 Å². The van der Waals surface area contributed by atoms with Gasteiger partial charge in [0.1, 0.15) is 5.84 Å². The van der Waals surface area contributed by atoms with Crippen LogP contribution in [0.1, 0.15) is 27.9 Å². The largest absolute Gasteiger partial charge is 0.409 e. The lowest BCUT2D eigenvalue weighted by atomic mass is 9.99. The minimum atomic E-state index is -0.0450. The molecule has 0 saturated carbocycles. The van der Waals surface area contributed by atoms with E-state index in [1.807, 2.05) is 17.0 Å². The number of hydrogen-bond donors (Lipinski definition) is 2. The maximum absolute atomic E-state index is 12.7. The van der Waals surface area contributed by atoms with Crippen molar-refractivity contribution in [3.05, 3.63) is 64.2 Å². The Morgan fingerprint density at radius 2 is 1.83 bits per heavy atom. The Balaban J connectivity index is 1.38. The topological polar surface area (TPSA) is 85.2 Å². The minimum Gasteiger partial charge on any atom is -0.409 e. The molecule has 30 heavy (non-hydrogen) atoms. The molecule has 2 heterocycles. The molecule has 0 spiro atoms. The summed E-state index contributed by atoms with van der Waals surface area (Å²) >= 11 is 6.00. The van der Waals surface area contributed by atoms with Gasteiger partial charge in [-0.3, -0.25) is 9.59 Å². The molecule has 2 N–H and O–H groups in total. The zero-order chi connectivity index (χ0) is 21.1. The first-order valence-electron chi connectivity index (χ1n) is 9.96. The quantitative estimate of drug-likeness (QED) is 0.342. The van der Waals surface area contributed by atoms with Crippen molar-refractivity contribution in [1.29, 1.82) is 0 Å². The summed E-state index contributed by atoms with van der Waals surface area (Å²) in [5, 5.41) is 16.5. The van der Waals surface area contributed by atoms with E-state index in [0.717, 1.165) is 16.8 Å². The van der Waals surface area contributed by atoms with E-state index in [1.165, 1.54) is 0 Å². The summed E-state index contributed by atoms with van der Waals surface area (Å²) in [7, 11) is 0. The van der Waals surface area contributed by atoms with Gasteiger partial charge in [0.2, 0.25) is 5.91 Å². The van der Waals surface area contributed by atoms with Crippen molar-refractivity contribution in [3.63, 3.8) is 0 Å². The summed E-state index contributed by atoms with van der Waals surface area (Å²) < 4.78 is 0. The van der Waals surface area contributed by atoms with Crippen LogP contribution in [0.5, 0.6) is 0 Å². The molecule has 0 aromatic heterocycles. The molecule has 2 aliphatic heterocycles. The molecule has 2 aromatic rings. The summed E-state index contributed by atoms with van der Waals surface area (Å²) in [4.78, 5) is 28.0. The molecule has 0 radical (unpaired) electrons. The number of amidine groups is 1. The highest BCUT2D eigenvalue weighted by atomic mass is 35.5. The second-order valence-electron chi connectivity index (χ2n) is 7.52. The summed E-state index contributed by atoms with van der Waals surface area (Å²) in [6.07, 6.45) is 1.69. The number of hydrogen-bond acceptors (Lipinski definition) is 4. The Morgan fingerprint density at radius 1 is 1.07 bits per heavy atom. The fraction of sp³-hybridized carbons (Fsp3) is 0.318. The smallest absolute Gasteiger partial charge is 0.254 e. The second-order valence-corrected chi connectivity index (χ2v) is 7.96. The molecule has 0 unspecified atom stereocenters. The SMILES string of the molecule is O=C1CCc2cc(CC(=NO)N3CCN(C(=O)c4cccc(Cl)c4)CC3)ccc2N1. The van der Waals surface area contributed by atoms with Gasteiger partial charge >= 0.3 is 0 Å². The molecular weight excluding hydrogens is 404 g/mol. The Labute approximate surface area is 179 Å². The molecule has 2 aliphatic rings. The van der Waals surface area contributed by atoms with Crippen molar-refractivity contribution in [1.82, 2.24) is 9.80 Å². The molecule has 2 aromatic carbocycles. The fourth-order valence-corrected chi connectivity index (χ4v) is 4.10. The molecule has 0 aliphatic carbocycles. The number of fused-ring (bicyclic) bond motifs is 1. The number of rotatable bonds is 3. The van der Waals surface area contributed by atoms with Crippen LogP contribution in [0.15, 0.2) is 47.6 Å². The molecule has 1 saturated heterocycles. The van der Waals surface area contributed by atoms with E-state index in [1.54, 1.807) is 29.2 Å². The Kier molecular flexibility index (Phi) is 5.90. The molecule has 4 rings (SSSR count). The van der Waals surface area contributed by atoms with Gasteiger partial charge in [-0.15, -0.1) is 0 Å². The number of benzene rings is 2. The number of oxime groups is 1. The van der Waals surface area contributed by atoms with Crippen LogP contribution in [-0.2, 0) is 17.6 Å². The standard InChI is InChI=1S/C22H23ClN4O3/c23-18-3-1-2-17(14-18)22(29)27-10-8-26(9-11-27)20(25-30)13-15-4-6-19-16(12-15)5-7-21(28)24-19/h1-4,6,12,14,30H,5,7-11,13H2,(H,24,28). The van der Waals surface area contributed by atoms with Crippen molar-refractivity contribution in [2.75, 3.05) is 31.5 Å². The van der Waals surface area contributed by atoms with Crippen LogP contribution < -0.4 is 5.32 Å². The number of halogens is 1. The first-order chi connectivity index (χ1) is 14.5. The molecule has 8 heteroatoms. The minimum absolute atomic E-state index is 0.0399. The van der Waals surface area contributed by atoms with Crippen LogP contribution >= 0.6 is 11.6 Å². The number of piperazine rings is 1. The molecule has 156 valence electrons. The van der Waals surface area contributed by atoms with Crippen LogP contribution in [0.2, 0.25) is 5.02 Å². The van der Waals surface area contributed by atoms with E-state index in [-0.39, 0.29) is 11.8 Å². The van der Waals surface area contributed by atoms with Crippen molar-refractivity contribution >= 4 is 34.9 Å². The van der Waals surface area contributed by atoms with Crippen molar-refractivity contribution < 1.29 is 14.8 Å². The molecule has 2 amide bonds. The Hall–Kier alpha value is -3.06. The zero-order valence-corrected chi connectivity index (χ0v) is 17.2. The van der Waals surface area contributed by atoms with Crippen molar-refractivity contribution in [3.8, 4) is 0 Å². The number of aryl methyl sites for hydroxylation is 1. The normalized spacial score (nSPS) is 16.8.